The highest BCUT2D eigenvalue weighted by molar-refractivity contribution is 7.90. The van der Waals surface area contributed by atoms with Crippen LogP contribution in [0.15, 0.2) is 29.2 Å². The number of aromatic nitrogens is 3. The molecule has 1 atom stereocenters. The molecule has 3 N–H and O–H groups in total. The topological polar surface area (TPSA) is 135 Å². The van der Waals surface area contributed by atoms with E-state index in [1.54, 1.807) is 25.1 Å². The molecule has 1 aliphatic heterocycles. The highest BCUT2D eigenvalue weighted by Crippen LogP contribution is 2.34. The molecule has 3 heterocycles. The van der Waals surface area contributed by atoms with Gasteiger partial charge in [-0.15, -0.1) is 0 Å². The predicted octanol–water partition coefficient (Wildman–Crippen LogP) is 2.85. The SMILES string of the molecule is Cc1nc2nc(NC(=O)C3CC3)cc(Nc3ccc(C4COCCO4)cc3S(C)(=O)=O)c2[nH]1. The summed E-state index contributed by atoms with van der Waals surface area (Å²) in [7, 11) is -3.56. The monoisotopic (exact) mass is 471 g/mol. The van der Waals surface area contributed by atoms with Crippen molar-refractivity contribution in [1.82, 2.24) is 15.0 Å². The summed E-state index contributed by atoms with van der Waals surface area (Å²) in [6.45, 7) is 3.16. The second-order valence-electron chi connectivity index (χ2n) is 8.43. The molecule has 1 saturated carbocycles. The van der Waals surface area contributed by atoms with E-state index < -0.39 is 9.84 Å². The first-order valence-corrected chi connectivity index (χ1v) is 12.7. The highest BCUT2D eigenvalue weighted by atomic mass is 32.2. The van der Waals surface area contributed by atoms with E-state index in [2.05, 4.69) is 25.6 Å². The maximum Gasteiger partial charge on any atom is 0.228 e. The minimum Gasteiger partial charge on any atom is -0.376 e. The number of pyridine rings is 1. The van der Waals surface area contributed by atoms with Crippen LogP contribution in [0.5, 0.6) is 0 Å². The Kier molecular flexibility index (Phi) is 5.55. The van der Waals surface area contributed by atoms with Crippen molar-refractivity contribution in [2.45, 2.75) is 30.8 Å². The number of sulfone groups is 1. The highest BCUT2D eigenvalue weighted by Gasteiger charge is 2.30. The van der Waals surface area contributed by atoms with Crippen molar-refractivity contribution in [3.05, 3.63) is 35.7 Å². The van der Waals surface area contributed by atoms with Crippen molar-refractivity contribution in [2.24, 2.45) is 5.92 Å². The number of aryl methyl sites for hydroxylation is 1. The fourth-order valence-corrected chi connectivity index (χ4v) is 4.68. The Balaban J connectivity index is 1.53. The zero-order valence-electron chi connectivity index (χ0n) is 18.3. The minimum absolute atomic E-state index is 0.0233. The van der Waals surface area contributed by atoms with Gasteiger partial charge in [0.15, 0.2) is 15.5 Å². The van der Waals surface area contributed by atoms with Gasteiger partial charge in [0.2, 0.25) is 5.91 Å². The van der Waals surface area contributed by atoms with Crippen molar-refractivity contribution >= 4 is 44.1 Å². The van der Waals surface area contributed by atoms with Gasteiger partial charge in [-0.2, -0.15) is 0 Å². The van der Waals surface area contributed by atoms with Crippen LogP contribution in [0.4, 0.5) is 17.2 Å². The number of hydrogen-bond donors (Lipinski definition) is 3. The van der Waals surface area contributed by atoms with E-state index >= 15 is 0 Å². The van der Waals surface area contributed by atoms with E-state index in [0.717, 1.165) is 18.4 Å². The molecule has 3 aromatic rings. The number of imidazole rings is 1. The number of anilines is 3. The Morgan fingerprint density at radius 1 is 1.15 bits per heavy atom. The van der Waals surface area contributed by atoms with Crippen LogP contribution in [0, 0.1) is 12.8 Å². The molecule has 1 unspecified atom stereocenters. The summed E-state index contributed by atoms with van der Waals surface area (Å²) in [4.78, 5) is 24.4. The number of nitrogens with one attached hydrogen (secondary N) is 3. The van der Waals surface area contributed by atoms with Crippen molar-refractivity contribution in [3.63, 3.8) is 0 Å². The lowest BCUT2D eigenvalue weighted by molar-refractivity contribution is -0.117. The van der Waals surface area contributed by atoms with Gasteiger partial charge in [-0.25, -0.2) is 18.4 Å². The number of carbonyl (C=O) groups is 1. The molecule has 1 aromatic carbocycles. The number of H-pyrrole nitrogens is 1. The molecule has 2 aliphatic rings. The summed E-state index contributed by atoms with van der Waals surface area (Å²) in [6, 6.07) is 6.83. The third kappa shape index (κ3) is 4.70. The number of hydrogen-bond acceptors (Lipinski definition) is 8. The smallest absolute Gasteiger partial charge is 0.228 e. The molecular weight excluding hydrogens is 446 g/mol. The van der Waals surface area contributed by atoms with Crippen LogP contribution >= 0.6 is 0 Å². The summed E-state index contributed by atoms with van der Waals surface area (Å²) in [5.41, 5.74) is 2.73. The summed E-state index contributed by atoms with van der Waals surface area (Å²) < 4.78 is 36.5. The fourth-order valence-electron chi connectivity index (χ4n) is 3.81. The van der Waals surface area contributed by atoms with Crippen LogP contribution in [-0.4, -0.2) is 55.4 Å². The molecule has 33 heavy (non-hydrogen) atoms. The molecule has 2 aromatic heterocycles. The Morgan fingerprint density at radius 3 is 2.67 bits per heavy atom. The van der Waals surface area contributed by atoms with Gasteiger partial charge in [-0.05, 0) is 37.5 Å². The number of fused-ring (bicyclic) bond motifs is 1. The lowest BCUT2D eigenvalue weighted by atomic mass is 10.1. The van der Waals surface area contributed by atoms with E-state index in [9.17, 15) is 13.2 Å². The van der Waals surface area contributed by atoms with Crippen molar-refractivity contribution in [1.29, 1.82) is 0 Å². The second kappa shape index (κ2) is 8.40. The third-order valence-corrected chi connectivity index (χ3v) is 6.78. The molecule has 174 valence electrons. The lowest BCUT2D eigenvalue weighted by Gasteiger charge is -2.24. The van der Waals surface area contributed by atoms with Crippen molar-refractivity contribution in [3.8, 4) is 0 Å². The van der Waals surface area contributed by atoms with Gasteiger partial charge in [-0.3, -0.25) is 4.79 Å². The molecule has 0 spiro atoms. The largest absolute Gasteiger partial charge is 0.376 e. The van der Waals surface area contributed by atoms with E-state index in [1.807, 2.05) is 6.07 Å². The van der Waals surface area contributed by atoms with E-state index in [1.165, 1.54) is 6.26 Å². The van der Waals surface area contributed by atoms with E-state index in [0.29, 0.717) is 54.0 Å². The third-order valence-electron chi connectivity index (χ3n) is 5.64. The number of nitrogens with zero attached hydrogens (tertiary/aromatic N) is 2. The van der Waals surface area contributed by atoms with Gasteiger partial charge < -0.3 is 25.1 Å². The summed E-state index contributed by atoms with van der Waals surface area (Å²) in [6.07, 6.45) is 2.60. The van der Waals surface area contributed by atoms with Crippen LogP contribution in [0.2, 0.25) is 0 Å². The number of ether oxygens (including phenoxy) is 2. The van der Waals surface area contributed by atoms with Crippen LogP contribution < -0.4 is 10.6 Å². The van der Waals surface area contributed by atoms with Crippen LogP contribution in [0.25, 0.3) is 11.2 Å². The van der Waals surface area contributed by atoms with Gasteiger partial charge in [0.1, 0.15) is 23.3 Å². The molecule has 1 aliphatic carbocycles. The van der Waals surface area contributed by atoms with E-state index in [4.69, 9.17) is 9.47 Å². The first-order chi connectivity index (χ1) is 15.8. The Morgan fingerprint density at radius 2 is 1.97 bits per heavy atom. The molecule has 5 rings (SSSR count). The normalized spacial score (nSPS) is 18.9. The molecule has 1 saturated heterocycles. The predicted molar refractivity (Wildman–Crippen MR) is 122 cm³/mol. The van der Waals surface area contributed by atoms with E-state index in [-0.39, 0.29) is 22.8 Å². The Labute approximate surface area is 191 Å². The maximum absolute atomic E-state index is 12.6. The average Bonchev–Trinajstić information content (AvgIpc) is 3.56. The maximum atomic E-state index is 12.6. The molecule has 0 bridgehead atoms. The second-order valence-corrected chi connectivity index (χ2v) is 10.4. The van der Waals surface area contributed by atoms with Gasteiger partial charge in [0, 0.05) is 18.2 Å². The number of amides is 1. The molecule has 2 fully saturated rings. The lowest BCUT2D eigenvalue weighted by Crippen LogP contribution is -2.22. The standard InChI is InChI=1S/C22H25N5O5S/c1-12-23-20-16(10-19(26-21(20)24-12)27-22(28)13-3-4-13)25-15-6-5-14(9-18(15)33(2,29)30)17-11-31-7-8-32-17/h5-6,9-10,13,17H,3-4,7-8,11H2,1-2H3,(H3,23,24,25,26,27,28). The Hall–Kier alpha value is -3.02. The van der Waals surface area contributed by atoms with Crippen LogP contribution in [0.3, 0.4) is 0 Å². The summed E-state index contributed by atoms with van der Waals surface area (Å²) >= 11 is 0. The number of carbonyl (C=O) groups excluding carboxylic acids is 1. The van der Waals surface area contributed by atoms with Crippen molar-refractivity contribution < 1.29 is 22.7 Å². The van der Waals surface area contributed by atoms with Gasteiger partial charge in [0.25, 0.3) is 0 Å². The van der Waals surface area contributed by atoms with Crippen LogP contribution in [-0.2, 0) is 24.1 Å². The number of rotatable bonds is 6. The van der Waals surface area contributed by atoms with Crippen LogP contribution in [0.1, 0.15) is 30.3 Å². The Bertz CT molecular complexity index is 1330. The summed E-state index contributed by atoms with van der Waals surface area (Å²) in [5, 5.41) is 6.05. The molecule has 1 amide bonds. The molecule has 11 heteroatoms. The van der Waals surface area contributed by atoms with Crippen molar-refractivity contribution in [2.75, 3.05) is 36.7 Å². The molecule has 0 radical (unpaired) electrons. The first kappa shape index (κ1) is 21.8. The van der Waals surface area contributed by atoms with Gasteiger partial charge >= 0.3 is 0 Å². The molecule has 10 nitrogen and oxygen atoms in total. The first-order valence-electron chi connectivity index (χ1n) is 10.8. The summed E-state index contributed by atoms with van der Waals surface area (Å²) in [5.74, 6) is 0.962. The van der Waals surface area contributed by atoms with Gasteiger partial charge in [0.05, 0.1) is 36.1 Å². The zero-order valence-corrected chi connectivity index (χ0v) is 19.2. The minimum atomic E-state index is -3.56. The number of aromatic amines is 1. The zero-order chi connectivity index (χ0) is 23.2. The molecular formula is C22H25N5O5S. The fraction of sp³-hybridized carbons (Fsp3) is 0.409. The average molecular weight is 472 g/mol. The van der Waals surface area contributed by atoms with Gasteiger partial charge in [-0.1, -0.05) is 6.07 Å². The number of benzene rings is 1. The quantitative estimate of drug-likeness (QED) is 0.499.